The first-order chi connectivity index (χ1) is 8.15. The van der Waals surface area contributed by atoms with Crippen molar-refractivity contribution in [1.29, 1.82) is 0 Å². The van der Waals surface area contributed by atoms with Crippen molar-refractivity contribution in [3.8, 4) is 0 Å². The third kappa shape index (κ3) is 4.72. The van der Waals surface area contributed by atoms with E-state index in [1.165, 1.54) is 7.11 Å². The number of hydrogen-bond donors (Lipinski definition) is 1. The van der Waals surface area contributed by atoms with E-state index in [9.17, 15) is 9.59 Å². The lowest BCUT2D eigenvalue weighted by Crippen LogP contribution is -2.25. The Kier molecular flexibility index (Phi) is 5.96. The first-order valence-corrected chi connectivity index (χ1v) is 6.32. The molecular formula is C12H14INO3. The lowest BCUT2D eigenvalue weighted by molar-refractivity contribution is -0.140. The van der Waals surface area contributed by atoms with Crippen LogP contribution in [0.3, 0.4) is 0 Å². The molecule has 0 atom stereocenters. The number of benzene rings is 1. The van der Waals surface area contributed by atoms with Crippen LogP contribution in [0.2, 0.25) is 0 Å². The summed E-state index contributed by atoms with van der Waals surface area (Å²) in [5.41, 5.74) is 0.658. The summed E-state index contributed by atoms with van der Waals surface area (Å²) in [5.74, 6) is -0.367. The van der Waals surface area contributed by atoms with E-state index >= 15 is 0 Å². The van der Waals surface area contributed by atoms with E-state index in [2.05, 4.69) is 32.6 Å². The molecule has 0 aliphatic heterocycles. The van der Waals surface area contributed by atoms with Gasteiger partial charge < -0.3 is 10.1 Å². The summed E-state index contributed by atoms with van der Waals surface area (Å²) in [6.07, 6.45) is 0.907. The van der Waals surface area contributed by atoms with E-state index in [0.29, 0.717) is 24.9 Å². The van der Waals surface area contributed by atoms with E-state index in [1.54, 1.807) is 6.07 Å². The number of hydrogen-bond acceptors (Lipinski definition) is 3. The van der Waals surface area contributed by atoms with Crippen LogP contribution in [0.4, 0.5) is 0 Å². The van der Waals surface area contributed by atoms with Gasteiger partial charge in [0, 0.05) is 16.5 Å². The number of rotatable bonds is 5. The van der Waals surface area contributed by atoms with Crippen LogP contribution in [0.25, 0.3) is 0 Å². The number of carbonyl (C=O) groups excluding carboxylic acids is 2. The van der Waals surface area contributed by atoms with E-state index in [-0.39, 0.29) is 11.9 Å². The molecule has 1 amide bonds. The van der Waals surface area contributed by atoms with Crippen LogP contribution in [-0.4, -0.2) is 25.5 Å². The first-order valence-electron chi connectivity index (χ1n) is 5.24. The van der Waals surface area contributed by atoms with Gasteiger partial charge in [-0.3, -0.25) is 9.59 Å². The number of esters is 1. The summed E-state index contributed by atoms with van der Waals surface area (Å²) < 4.78 is 5.42. The van der Waals surface area contributed by atoms with Crippen molar-refractivity contribution in [2.45, 2.75) is 12.8 Å². The number of carbonyl (C=O) groups is 2. The monoisotopic (exact) mass is 347 g/mol. The molecule has 0 unspecified atom stereocenters. The molecule has 92 valence electrons. The van der Waals surface area contributed by atoms with Crippen LogP contribution >= 0.6 is 22.6 Å². The lowest BCUT2D eigenvalue weighted by atomic mass is 10.2. The van der Waals surface area contributed by atoms with Crippen LogP contribution < -0.4 is 5.32 Å². The van der Waals surface area contributed by atoms with Crippen LogP contribution in [0, 0.1) is 3.57 Å². The maximum atomic E-state index is 11.7. The minimum absolute atomic E-state index is 0.111. The van der Waals surface area contributed by atoms with Gasteiger partial charge in [0.15, 0.2) is 0 Å². The van der Waals surface area contributed by atoms with Gasteiger partial charge >= 0.3 is 5.97 Å². The van der Waals surface area contributed by atoms with Crippen molar-refractivity contribution in [1.82, 2.24) is 5.32 Å². The molecule has 0 saturated carbocycles. The average molecular weight is 347 g/mol. The van der Waals surface area contributed by atoms with Crippen LogP contribution in [0.1, 0.15) is 23.2 Å². The molecule has 0 saturated heterocycles. The fraction of sp³-hybridized carbons (Fsp3) is 0.333. The van der Waals surface area contributed by atoms with Gasteiger partial charge in [0.25, 0.3) is 5.91 Å². The zero-order valence-electron chi connectivity index (χ0n) is 9.53. The summed E-state index contributed by atoms with van der Waals surface area (Å²) in [5, 5.41) is 2.77. The average Bonchev–Trinajstić information content (AvgIpc) is 2.34. The van der Waals surface area contributed by atoms with Crippen molar-refractivity contribution in [2.24, 2.45) is 0 Å². The van der Waals surface area contributed by atoms with Crippen molar-refractivity contribution >= 4 is 34.5 Å². The molecule has 17 heavy (non-hydrogen) atoms. The zero-order valence-corrected chi connectivity index (χ0v) is 11.7. The van der Waals surface area contributed by atoms with E-state index in [4.69, 9.17) is 0 Å². The van der Waals surface area contributed by atoms with Crippen molar-refractivity contribution in [3.05, 3.63) is 33.4 Å². The molecular weight excluding hydrogens is 333 g/mol. The normalized spacial score (nSPS) is 9.76. The maximum absolute atomic E-state index is 11.7. The molecule has 0 spiro atoms. The van der Waals surface area contributed by atoms with Crippen molar-refractivity contribution in [3.63, 3.8) is 0 Å². The Balaban J connectivity index is 2.36. The number of nitrogens with one attached hydrogen (secondary N) is 1. The largest absolute Gasteiger partial charge is 0.469 e. The summed E-state index contributed by atoms with van der Waals surface area (Å²) in [4.78, 5) is 22.6. The smallest absolute Gasteiger partial charge is 0.305 e. The van der Waals surface area contributed by atoms with Gasteiger partial charge in [-0.15, -0.1) is 0 Å². The van der Waals surface area contributed by atoms with Gasteiger partial charge in [0.2, 0.25) is 0 Å². The standard InChI is InChI=1S/C12H14INO3/c1-17-11(15)7-4-8-14-12(16)9-5-2-3-6-10(9)13/h2-3,5-6H,4,7-8H2,1H3,(H,14,16). The molecule has 5 heteroatoms. The highest BCUT2D eigenvalue weighted by Crippen LogP contribution is 2.10. The van der Waals surface area contributed by atoms with Crippen molar-refractivity contribution in [2.75, 3.05) is 13.7 Å². The SMILES string of the molecule is COC(=O)CCCNC(=O)c1ccccc1I. The predicted octanol–water partition coefficient (Wildman–Crippen LogP) is 1.97. The minimum Gasteiger partial charge on any atom is -0.469 e. The van der Waals surface area contributed by atoms with E-state index in [1.807, 2.05) is 18.2 Å². The molecule has 0 aromatic heterocycles. The maximum Gasteiger partial charge on any atom is 0.305 e. The molecule has 1 aromatic rings. The first kappa shape index (κ1) is 14.0. The topological polar surface area (TPSA) is 55.4 Å². The molecule has 0 bridgehead atoms. The highest BCUT2D eigenvalue weighted by Gasteiger charge is 2.08. The Hall–Kier alpha value is -1.11. The quantitative estimate of drug-likeness (QED) is 0.503. The Labute approximate surface area is 114 Å². The second kappa shape index (κ2) is 7.26. The highest BCUT2D eigenvalue weighted by atomic mass is 127. The molecule has 4 nitrogen and oxygen atoms in total. The predicted molar refractivity (Wildman–Crippen MR) is 72.7 cm³/mol. The van der Waals surface area contributed by atoms with Gasteiger partial charge in [0.05, 0.1) is 12.7 Å². The molecule has 0 aliphatic rings. The molecule has 0 heterocycles. The Bertz CT molecular complexity index is 406. The number of amides is 1. The molecule has 1 rings (SSSR count). The third-order valence-electron chi connectivity index (χ3n) is 2.19. The molecule has 0 fully saturated rings. The van der Waals surface area contributed by atoms with Gasteiger partial charge in [-0.1, -0.05) is 12.1 Å². The second-order valence-electron chi connectivity index (χ2n) is 3.42. The zero-order chi connectivity index (χ0) is 12.7. The van der Waals surface area contributed by atoms with Gasteiger partial charge in [0.1, 0.15) is 0 Å². The Morgan fingerprint density at radius 2 is 2.06 bits per heavy atom. The number of ether oxygens (including phenoxy) is 1. The summed E-state index contributed by atoms with van der Waals surface area (Å²) in [7, 11) is 1.35. The number of methoxy groups -OCH3 is 1. The van der Waals surface area contributed by atoms with Crippen molar-refractivity contribution < 1.29 is 14.3 Å². The summed E-state index contributed by atoms with van der Waals surface area (Å²) in [6, 6.07) is 7.36. The minimum atomic E-state index is -0.256. The highest BCUT2D eigenvalue weighted by molar-refractivity contribution is 14.1. The second-order valence-corrected chi connectivity index (χ2v) is 4.58. The van der Waals surface area contributed by atoms with Crippen LogP contribution in [0.5, 0.6) is 0 Å². The molecule has 1 aromatic carbocycles. The molecule has 0 aliphatic carbocycles. The fourth-order valence-corrected chi connectivity index (χ4v) is 1.91. The van der Waals surface area contributed by atoms with Crippen LogP contribution in [-0.2, 0) is 9.53 Å². The molecule has 0 radical (unpaired) electrons. The van der Waals surface area contributed by atoms with E-state index in [0.717, 1.165) is 3.57 Å². The van der Waals surface area contributed by atoms with Gasteiger partial charge in [-0.25, -0.2) is 0 Å². The lowest BCUT2D eigenvalue weighted by Gasteiger charge is -2.06. The third-order valence-corrected chi connectivity index (χ3v) is 3.13. The van der Waals surface area contributed by atoms with Gasteiger partial charge in [-0.05, 0) is 41.1 Å². The fourth-order valence-electron chi connectivity index (χ4n) is 1.28. The van der Waals surface area contributed by atoms with Crippen LogP contribution in [0.15, 0.2) is 24.3 Å². The van der Waals surface area contributed by atoms with Gasteiger partial charge in [-0.2, -0.15) is 0 Å². The Morgan fingerprint density at radius 1 is 1.35 bits per heavy atom. The Morgan fingerprint density at radius 3 is 2.71 bits per heavy atom. The van der Waals surface area contributed by atoms with E-state index < -0.39 is 0 Å². The summed E-state index contributed by atoms with van der Waals surface area (Å²) >= 11 is 2.12. The summed E-state index contributed by atoms with van der Waals surface area (Å²) in [6.45, 7) is 0.471. The number of halogens is 1. The molecule has 1 N–H and O–H groups in total.